The number of hydrogen-bond acceptors (Lipinski definition) is 2. The summed E-state index contributed by atoms with van der Waals surface area (Å²) in [5.74, 6) is 1.03. The van der Waals surface area contributed by atoms with Crippen LogP contribution in [-0.4, -0.2) is 49.0 Å². The standard InChI is InChI=1S/C13H26N4O.HI/c1-4-14-13(16-11-7-8-11)15-10-9-12(18)17(5-2)6-3;/h11H,4-10H2,1-3H3,(H2,14,15,16);1H. The predicted molar refractivity (Wildman–Crippen MR) is 90.1 cm³/mol. The molecule has 0 unspecified atom stereocenters. The average molecular weight is 382 g/mol. The van der Waals surface area contributed by atoms with Gasteiger partial charge >= 0.3 is 0 Å². The molecule has 0 saturated heterocycles. The number of nitrogens with one attached hydrogen (secondary N) is 2. The zero-order valence-corrected chi connectivity index (χ0v) is 14.6. The summed E-state index contributed by atoms with van der Waals surface area (Å²) in [6, 6.07) is 0.585. The number of amides is 1. The average Bonchev–Trinajstić information content (AvgIpc) is 3.15. The zero-order chi connectivity index (χ0) is 13.4. The first-order valence-electron chi connectivity index (χ1n) is 7.03. The van der Waals surface area contributed by atoms with Crippen LogP contribution in [0, 0.1) is 0 Å². The maximum Gasteiger partial charge on any atom is 0.224 e. The molecule has 0 spiro atoms. The first-order valence-corrected chi connectivity index (χ1v) is 7.03. The number of carbonyl (C=O) groups excluding carboxylic acids is 1. The second-order valence-electron chi connectivity index (χ2n) is 4.50. The molecule has 0 heterocycles. The van der Waals surface area contributed by atoms with E-state index in [1.807, 2.05) is 25.7 Å². The summed E-state index contributed by atoms with van der Waals surface area (Å²) in [4.78, 5) is 18.1. The third kappa shape index (κ3) is 7.59. The summed E-state index contributed by atoms with van der Waals surface area (Å²) in [5, 5.41) is 6.54. The Labute approximate surface area is 133 Å². The zero-order valence-electron chi connectivity index (χ0n) is 12.2. The number of guanidine groups is 1. The van der Waals surface area contributed by atoms with E-state index >= 15 is 0 Å². The van der Waals surface area contributed by atoms with Crippen LogP contribution in [0.3, 0.4) is 0 Å². The fourth-order valence-corrected chi connectivity index (χ4v) is 1.74. The van der Waals surface area contributed by atoms with Crippen molar-refractivity contribution in [1.82, 2.24) is 15.5 Å². The molecule has 1 amide bonds. The molecule has 6 heteroatoms. The van der Waals surface area contributed by atoms with E-state index in [9.17, 15) is 4.79 Å². The maximum atomic E-state index is 11.8. The third-order valence-electron chi connectivity index (χ3n) is 2.97. The minimum atomic E-state index is 0. The van der Waals surface area contributed by atoms with E-state index in [4.69, 9.17) is 0 Å². The van der Waals surface area contributed by atoms with Crippen LogP contribution in [0.5, 0.6) is 0 Å². The molecule has 0 aromatic rings. The van der Waals surface area contributed by atoms with Crippen LogP contribution in [0.4, 0.5) is 0 Å². The van der Waals surface area contributed by atoms with Crippen molar-refractivity contribution in [3.8, 4) is 0 Å². The quantitative estimate of drug-likeness (QED) is 0.399. The van der Waals surface area contributed by atoms with Gasteiger partial charge in [-0.1, -0.05) is 0 Å². The topological polar surface area (TPSA) is 56.7 Å². The molecule has 0 aromatic carbocycles. The monoisotopic (exact) mass is 382 g/mol. The van der Waals surface area contributed by atoms with Gasteiger partial charge in [-0.2, -0.15) is 0 Å². The maximum absolute atomic E-state index is 11.8. The molecule has 5 nitrogen and oxygen atoms in total. The molecule has 1 saturated carbocycles. The molecular weight excluding hydrogens is 355 g/mol. The smallest absolute Gasteiger partial charge is 0.224 e. The van der Waals surface area contributed by atoms with Crippen molar-refractivity contribution in [2.45, 2.75) is 46.1 Å². The highest BCUT2D eigenvalue weighted by Gasteiger charge is 2.22. The summed E-state index contributed by atoms with van der Waals surface area (Å²) in [6.45, 7) is 9.01. The number of aliphatic imine (C=N–C) groups is 1. The minimum Gasteiger partial charge on any atom is -0.357 e. The van der Waals surface area contributed by atoms with Gasteiger partial charge in [-0.25, -0.2) is 0 Å². The van der Waals surface area contributed by atoms with Crippen LogP contribution in [-0.2, 0) is 4.79 Å². The lowest BCUT2D eigenvalue weighted by molar-refractivity contribution is -0.130. The molecule has 0 atom stereocenters. The SMILES string of the molecule is CCNC(=NCCC(=O)N(CC)CC)NC1CC1.I. The Hall–Kier alpha value is -0.530. The van der Waals surface area contributed by atoms with Gasteiger partial charge in [-0.3, -0.25) is 9.79 Å². The Balaban J connectivity index is 0.00000324. The fourth-order valence-electron chi connectivity index (χ4n) is 1.74. The number of hydrogen-bond donors (Lipinski definition) is 2. The van der Waals surface area contributed by atoms with Gasteiger partial charge in [0.05, 0.1) is 6.54 Å². The first kappa shape index (κ1) is 18.5. The Morgan fingerprint density at radius 3 is 2.37 bits per heavy atom. The predicted octanol–water partition coefficient (Wildman–Crippen LogP) is 1.58. The molecule has 0 radical (unpaired) electrons. The van der Waals surface area contributed by atoms with E-state index < -0.39 is 0 Å². The molecular formula is C13H27IN4O. The molecule has 1 rings (SSSR count). The van der Waals surface area contributed by atoms with Gasteiger partial charge in [-0.05, 0) is 33.6 Å². The van der Waals surface area contributed by atoms with E-state index in [1.165, 1.54) is 12.8 Å². The van der Waals surface area contributed by atoms with Crippen molar-refractivity contribution < 1.29 is 4.79 Å². The van der Waals surface area contributed by atoms with Gasteiger partial charge in [0.25, 0.3) is 0 Å². The van der Waals surface area contributed by atoms with Crippen molar-refractivity contribution in [3.05, 3.63) is 0 Å². The van der Waals surface area contributed by atoms with Crippen LogP contribution >= 0.6 is 24.0 Å². The summed E-state index contributed by atoms with van der Waals surface area (Å²) in [6.07, 6.45) is 2.94. The highest BCUT2D eigenvalue weighted by Crippen LogP contribution is 2.18. The van der Waals surface area contributed by atoms with E-state index in [0.717, 1.165) is 25.6 Å². The summed E-state index contributed by atoms with van der Waals surface area (Å²) < 4.78 is 0. The van der Waals surface area contributed by atoms with Crippen LogP contribution in [0.15, 0.2) is 4.99 Å². The molecule has 112 valence electrons. The largest absolute Gasteiger partial charge is 0.357 e. The molecule has 0 bridgehead atoms. The molecule has 0 aliphatic heterocycles. The lowest BCUT2D eigenvalue weighted by atomic mass is 10.3. The second-order valence-corrected chi connectivity index (χ2v) is 4.50. The normalized spacial score (nSPS) is 14.6. The van der Waals surface area contributed by atoms with Crippen LogP contribution in [0.25, 0.3) is 0 Å². The van der Waals surface area contributed by atoms with Crippen molar-refractivity contribution >= 4 is 35.8 Å². The molecule has 1 fully saturated rings. The van der Waals surface area contributed by atoms with Gasteiger partial charge in [0.2, 0.25) is 5.91 Å². The van der Waals surface area contributed by atoms with Gasteiger partial charge < -0.3 is 15.5 Å². The van der Waals surface area contributed by atoms with Crippen molar-refractivity contribution in [3.63, 3.8) is 0 Å². The van der Waals surface area contributed by atoms with Crippen molar-refractivity contribution in [2.75, 3.05) is 26.2 Å². The summed E-state index contributed by atoms with van der Waals surface area (Å²) in [7, 11) is 0. The number of halogens is 1. The van der Waals surface area contributed by atoms with Crippen LogP contribution in [0.2, 0.25) is 0 Å². The summed E-state index contributed by atoms with van der Waals surface area (Å²) >= 11 is 0. The molecule has 2 N–H and O–H groups in total. The number of nitrogens with zero attached hydrogens (tertiary/aromatic N) is 2. The van der Waals surface area contributed by atoms with Crippen molar-refractivity contribution in [1.29, 1.82) is 0 Å². The van der Waals surface area contributed by atoms with Gasteiger partial charge in [-0.15, -0.1) is 24.0 Å². The molecule has 1 aliphatic rings. The molecule has 0 aromatic heterocycles. The lowest BCUT2D eigenvalue weighted by Crippen LogP contribution is -2.39. The van der Waals surface area contributed by atoms with E-state index in [-0.39, 0.29) is 29.9 Å². The Morgan fingerprint density at radius 1 is 1.26 bits per heavy atom. The Bertz CT molecular complexity index is 288. The van der Waals surface area contributed by atoms with Gasteiger partial charge in [0.15, 0.2) is 5.96 Å². The minimum absolute atomic E-state index is 0. The van der Waals surface area contributed by atoms with E-state index in [2.05, 4.69) is 15.6 Å². The first-order chi connectivity index (χ1) is 8.71. The third-order valence-corrected chi connectivity index (χ3v) is 2.97. The fraction of sp³-hybridized carbons (Fsp3) is 0.846. The van der Waals surface area contributed by atoms with Gasteiger partial charge in [0.1, 0.15) is 0 Å². The Kier molecular flexibility index (Phi) is 9.99. The lowest BCUT2D eigenvalue weighted by Gasteiger charge is -2.18. The molecule has 19 heavy (non-hydrogen) atoms. The van der Waals surface area contributed by atoms with E-state index in [0.29, 0.717) is 19.0 Å². The van der Waals surface area contributed by atoms with Gasteiger partial charge in [0, 0.05) is 32.1 Å². The highest BCUT2D eigenvalue weighted by molar-refractivity contribution is 14.0. The summed E-state index contributed by atoms with van der Waals surface area (Å²) in [5.41, 5.74) is 0. The highest BCUT2D eigenvalue weighted by atomic mass is 127. The van der Waals surface area contributed by atoms with Crippen LogP contribution < -0.4 is 10.6 Å². The second kappa shape index (κ2) is 10.3. The number of rotatable bonds is 7. The van der Waals surface area contributed by atoms with E-state index in [1.54, 1.807) is 0 Å². The van der Waals surface area contributed by atoms with Crippen molar-refractivity contribution in [2.24, 2.45) is 4.99 Å². The Morgan fingerprint density at radius 2 is 1.89 bits per heavy atom. The molecule has 1 aliphatic carbocycles. The number of carbonyl (C=O) groups is 1. The van der Waals surface area contributed by atoms with Crippen LogP contribution in [0.1, 0.15) is 40.0 Å².